The highest BCUT2D eigenvalue weighted by Crippen LogP contribution is 2.34. The van der Waals surface area contributed by atoms with E-state index in [4.69, 9.17) is 9.47 Å². The Morgan fingerprint density at radius 1 is 1.09 bits per heavy atom. The van der Waals surface area contributed by atoms with Crippen molar-refractivity contribution in [2.45, 2.75) is 30.2 Å². The number of nitrogens with one attached hydrogen (secondary N) is 1. The summed E-state index contributed by atoms with van der Waals surface area (Å²) in [6.45, 7) is 1.52. The lowest BCUT2D eigenvalue weighted by molar-refractivity contribution is -0.124. The number of carbonyl (C=O) groups excluding carboxylic acids is 1. The fourth-order valence-electron chi connectivity index (χ4n) is 4.42. The number of amides is 1. The molecule has 3 aromatic rings. The minimum absolute atomic E-state index is 0.105. The summed E-state index contributed by atoms with van der Waals surface area (Å²) in [5.41, 5.74) is 1.96. The zero-order chi connectivity index (χ0) is 22.8. The molecular formula is C24H25N3O5S. The lowest BCUT2D eigenvalue weighted by Crippen LogP contribution is -2.46. The van der Waals surface area contributed by atoms with Gasteiger partial charge in [0.05, 0.1) is 10.4 Å². The molecule has 1 fully saturated rings. The highest BCUT2D eigenvalue weighted by atomic mass is 32.2. The fraction of sp³-hybridized carbons (Fsp3) is 0.333. The number of hydrogen-bond acceptors (Lipinski definition) is 6. The fourth-order valence-corrected chi connectivity index (χ4v) is 6.09. The van der Waals surface area contributed by atoms with Gasteiger partial charge in [-0.1, -0.05) is 24.3 Å². The first kappa shape index (κ1) is 21.7. The first-order valence-corrected chi connectivity index (χ1v) is 12.5. The predicted octanol–water partition coefficient (Wildman–Crippen LogP) is 2.52. The molecule has 172 valence electrons. The number of hydrogen-bond donors (Lipinski definition) is 1. The van der Waals surface area contributed by atoms with Gasteiger partial charge in [0.15, 0.2) is 11.5 Å². The highest BCUT2D eigenvalue weighted by molar-refractivity contribution is 7.89. The molecule has 0 radical (unpaired) electrons. The van der Waals surface area contributed by atoms with Gasteiger partial charge in [0.1, 0.15) is 19.3 Å². The number of carbonyl (C=O) groups is 1. The van der Waals surface area contributed by atoms with Crippen LogP contribution in [0.5, 0.6) is 11.5 Å². The first-order valence-electron chi connectivity index (χ1n) is 11.1. The number of fused-ring (bicyclic) bond motifs is 2. The van der Waals surface area contributed by atoms with Crippen molar-refractivity contribution in [1.82, 2.24) is 14.6 Å². The topological polar surface area (TPSA) is 97.8 Å². The van der Waals surface area contributed by atoms with Crippen LogP contribution in [0.15, 0.2) is 59.6 Å². The molecule has 0 saturated carbocycles. The number of sulfonamides is 1. The molecule has 1 N–H and O–H groups in total. The second-order valence-corrected chi connectivity index (χ2v) is 10.0. The Balaban J connectivity index is 1.27. The zero-order valence-electron chi connectivity index (χ0n) is 18.1. The first-order chi connectivity index (χ1) is 16.0. The van der Waals surface area contributed by atoms with Gasteiger partial charge in [0.2, 0.25) is 15.9 Å². The van der Waals surface area contributed by atoms with E-state index in [1.165, 1.54) is 16.4 Å². The second-order valence-electron chi connectivity index (χ2n) is 8.11. The largest absolute Gasteiger partial charge is 0.486 e. The molecule has 2 aliphatic rings. The maximum absolute atomic E-state index is 13.3. The van der Waals surface area contributed by atoms with Crippen molar-refractivity contribution in [3.63, 3.8) is 0 Å². The average molecular weight is 468 g/mol. The molecule has 0 unspecified atom stereocenters. The predicted molar refractivity (Wildman–Crippen MR) is 123 cm³/mol. The van der Waals surface area contributed by atoms with Crippen molar-refractivity contribution in [3.05, 3.63) is 60.3 Å². The van der Waals surface area contributed by atoms with Gasteiger partial charge in [-0.25, -0.2) is 8.42 Å². The molecule has 0 bridgehead atoms. The lowest BCUT2D eigenvalue weighted by Gasteiger charge is -2.24. The molecule has 0 aliphatic carbocycles. The molecule has 3 heterocycles. The lowest BCUT2D eigenvalue weighted by atomic mass is 10.1. The van der Waals surface area contributed by atoms with Gasteiger partial charge < -0.3 is 14.8 Å². The van der Waals surface area contributed by atoms with E-state index < -0.39 is 16.1 Å². The van der Waals surface area contributed by atoms with Crippen LogP contribution in [-0.2, 0) is 21.2 Å². The normalized spacial score (nSPS) is 18.4. The summed E-state index contributed by atoms with van der Waals surface area (Å²) in [4.78, 5) is 17.5. The van der Waals surface area contributed by atoms with Gasteiger partial charge in [0.25, 0.3) is 0 Å². The van der Waals surface area contributed by atoms with E-state index in [2.05, 4.69) is 10.3 Å². The second kappa shape index (κ2) is 8.99. The third kappa shape index (κ3) is 4.26. The van der Waals surface area contributed by atoms with Crippen molar-refractivity contribution in [1.29, 1.82) is 0 Å². The Morgan fingerprint density at radius 2 is 1.91 bits per heavy atom. The van der Waals surface area contributed by atoms with E-state index in [0.29, 0.717) is 57.1 Å². The van der Waals surface area contributed by atoms with E-state index in [-0.39, 0.29) is 10.8 Å². The average Bonchev–Trinajstić information content (AvgIpc) is 3.35. The number of benzene rings is 2. The van der Waals surface area contributed by atoms with Crippen molar-refractivity contribution in [3.8, 4) is 11.5 Å². The SMILES string of the molecule is O=C(NCCc1cccc2cccnc12)[C@H]1CCCN1S(=O)(=O)c1ccc2c(c1)OCCO2. The molecule has 5 rings (SSSR count). The number of nitrogens with zero attached hydrogens (tertiary/aromatic N) is 2. The van der Waals surface area contributed by atoms with Crippen LogP contribution in [0.1, 0.15) is 18.4 Å². The van der Waals surface area contributed by atoms with Crippen molar-refractivity contribution in [2.75, 3.05) is 26.3 Å². The molecular weight excluding hydrogens is 442 g/mol. The van der Waals surface area contributed by atoms with Gasteiger partial charge in [0, 0.05) is 30.7 Å². The molecule has 2 aliphatic heterocycles. The number of rotatable bonds is 6. The number of ether oxygens (including phenoxy) is 2. The Labute approximate surface area is 192 Å². The van der Waals surface area contributed by atoms with Crippen molar-refractivity contribution < 1.29 is 22.7 Å². The standard InChI is InChI=1S/C24H25N3O5S/c28-24(26-12-10-18-5-1-4-17-6-2-11-25-23(17)18)20-7-3-13-27(20)33(29,30)19-8-9-21-22(16-19)32-15-14-31-21/h1-2,4-6,8-9,11,16,20H,3,7,10,12-15H2,(H,26,28)/t20-/m1/s1. The third-order valence-corrected chi connectivity index (χ3v) is 7.94. The van der Waals surface area contributed by atoms with Crippen LogP contribution in [0.2, 0.25) is 0 Å². The molecule has 8 nitrogen and oxygen atoms in total. The van der Waals surface area contributed by atoms with Gasteiger partial charge in [-0.3, -0.25) is 9.78 Å². The minimum Gasteiger partial charge on any atom is -0.486 e. The highest BCUT2D eigenvalue weighted by Gasteiger charge is 2.39. The molecule has 0 spiro atoms. The maximum Gasteiger partial charge on any atom is 0.243 e. The zero-order valence-corrected chi connectivity index (χ0v) is 18.9. The molecule has 1 aromatic heterocycles. The number of aromatic nitrogens is 1. The maximum atomic E-state index is 13.3. The molecule has 2 aromatic carbocycles. The summed E-state index contributed by atoms with van der Waals surface area (Å²) in [6, 6.07) is 13.7. The van der Waals surface area contributed by atoms with Crippen LogP contribution >= 0.6 is 0 Å². The van der Waals surface area contributed by atoms with Crippen LogP contribution in [0, 0.1) is 0 Å². The Hall–Kier alpha value is -3.17. The molecule has 1 atom stereocenters. The summed E-state index contributed by atoms with van der Waals surface area (Å²) < 4.78 is 38.9. The van der Waals surface area contributed by atoms with E-state index in [9.17, 15) is 13.2 Å². The molecule has 1 saturated heterocycles. The van der Waals surface area contributed by atoms with Gasteiger partial charge in [-0.2, -0.15) is 4.31 Å². The summed E-state index contributed by atoms with van der Waals surface area (Å²) in [7, 11) is -3.85. The Bertz CT molecular complexity index is 1290. The van der Waals surface area contributed by atoms with E-state index in [0.717, 1.165) is 16.5 Å². The van der Waals surface area contributed by atoms with E-state index in [1.54, 1.807) is 12.3 Å². The van der Waals surface area contributed by atoms with Gasteiger partial charge >= 0.3 is 0 Å². The van der Waals surface area contributed by atoms with Gasteiger partial charge in [-0.15, -0.1) is 0 Å². The smallest absolute Gasteiger partial charge is 0.243 e. The Kier molecular flexibility index (Phi) is 5.90. The quantitative estimate of drug-likeness (QED) is 0.598. The van der Waals surface area contributed by atoms with Crippen molar-refractivity contribution >= 4 is 26.8 Å². The van der Waals surface area contributed by atoms with Crippen LogP contribution in [0.25, 0.3) is 10.9 Å². The van der Waals surface area contributed by atoms with Crippen LogP contribution in [-0.4, -0.2) is 56.0 Å². The summed E-state index contributed by atoms with van der Waals surface area (Å²) >= 11 is 0. The van der Waals surface area contributed by atoms with Crippen LogP contribution < -0.4 is 14.8 Å². The third-order valence-electron chi connectivity index (χ3n) is 6.04. The Morgan fingerprint density at radius 3 is 2.79 bits per heavy atom. The van der Waals surface area contributed by atoms with E-state index in [1.807, 2.05) is 30.3 Å². The molecule has 33 heavy (non-hydrogen) atoms. The number of pyridine rings is 1. The molecule has 9 heteroatoms. The summed E-state index contributed by atoms with van der Waals surface area (Å²) in [5.74, 6) is 0.659. The summed E-state index contributed by atoms with van der Waals surface area (Å²) in [6.07, 6.45) is 3.49. The number of para-hydroxylation sites is 1. The van der Waals surface area contributed by atoms with Crippen LogP contribution in [0.3, 0.4) is 0 Å². The van der Waals surface area contributed by atoms with E-state index >= 15 is 0 Å². The van der Waals surface area contributed by atoms with Crippen molar-refractivity contribution in [2.24, 2.45) is 0 Å². The minimum atomic E-state index is -3.85. The monoisotopic (exact) mass is 467 g/mol. The summed E-state index contributed by atoms with van der Waals surface area (Å²) in [5, 5.41) is 3.97. The van der Waals surface area contributed by atoms with Crippen LogP contribution in [0.4, 0.5) is 0 Å². The van der Waals surface area contributed by atoms with Gasteiger partial charge in [-0.05, 0) is 43.0 Å². The molecule has 1 amide bonds.